The van der Waals surface area contributed by atoms with Gasteiger partial charge in [0.15, 0.2) is 5.78 Å². The van der Waals surface area contributed by atoms with Gasteiger partial charge >= 0.3 is 0 Å². The minimum absolute atomic E-state index is 0.0372. The highest BCUT2D eigenvalue weighted by Crippen LogP contribution is 2.37. The van der Waals surface area contributed by atoms with Crippen molar-refractivity contribution in [1.29, 1.82) is 0 Å². The van der Waals surface area contributed by atoms with Gasteiger partial charge in [0, 0.05) is 12.0 Å². The van der Waals surface area contributed by atoms with Crippen molar-refractivity contribution in [1.82, 2.24) is 0 Å². The number of carbonyl (C=O) groups excluding carboxylic acids is 1. The standard InChI is InChI=1S/C13H18ClNO2/c1-7-8(2)13(17-4)12(14)9(3)11(7)10(16)5-6-15/h5-6,15H2,1-4H3. The molecule has 0 spiro atoms. The van der Waals surface area contributed by atoms with E-state index in [9.17, 15) is 4.79 Å². The van der Waals surface area contributed by atoms with Crippen LogP contribution in [0.1, 0.15) is 33.5 Å². The summed E-state index contributed by atoms with van der Waals surface area (Å²) in [6, 6.07) is 0. The van der Waals surface area contributed by atoms with Gasteiger partial charge in [-0.1, -0.05) is 11.6 Å². The predicted molar refractivity (Wildman–Crippen MR) is 70.2 cm³/mol. The van der Waals surface area contributed by atoms with Gasteiger partial charge in [-0.3, -0.25) is 4.79 Å². The van der Waals surface area contributed by atoms with Crippen LogP contribution in [0.15, 0.2) is 0 Å². The molecule has 0 aliphatic heterocycles. The zero-order valence-electron chi connectivity index (χ0n) is 10.7. The number of nitrogens with two attached hydrogens (primary N) is 1. The molecule has 0 aromatic heterocycles. The molecule has 17 heavy (non-hydrogen) atoms. The lowest BCUT2D eigenvalue weighted by Gasteiger charge is -2.17. The van der Waals surface area contributed by atoms with Gasteiger partial charge in [0.05, 0.1) is 12.1 Å². The topological polar surface area (TPSA) is 52.3 Å². The number of methoxy groups -OCH3 is 1. The Balaban J connectivity index is 3.48. The highest BCUT2D eigenvalue weighted by Gasteiger charge is 2.20. The van der Waals surface area contributed by atoms with Gasteiger partial charge in [0.2, 0.25) is 0 Å². The molecule has 0 aliphatic carbocycles. The van der Waals surface area contributed by atoms with E-state index in [-0.39, 0.29) is 5.78 Å². The third kappa shape index (κ3) is 2.45. The molecular weight excluding hydrogens is 238 g/mol. The number of benzene rings is 1. The summed E-state index contributed by atoms with van der Waals surface area (Å²) in [7, 11) is 1.58. The summed E-state index contributed by atoms with van der Waals surface area (Å²) in [5.41, 5.74) is 8.69. The molecule has 0 bridgehead atoms. The first-order valence-corrected chi connectivity index (χ1v) is 5.90. The maximum Gasteiger partial charge on any atom is 0.164 e. The van der Waals surface area contributed by atoms with Crippen LogP contribution in [0.5, 0.6) is 5.75 Å². The third-order valence-corrected chi connectivity index (χ3v) is 3.49. The quantitative estimate of drug-likeness (QED) is 0.842. The fraction of sp³-hybridized carbons (Fsp3) is 0.462. The van der Waals surface area contributed by atoms with Gasteiger partial charge in [-0.2, -0.15) is 0 Å². The van der Waals surface area contributed by atoms with E-state index in [2.05, 4.69) is 0 Å². The van der Waals surface area contributed by atoms with E-state index < -0.39 is 0 Å². The van der Waals surface area contributed by atoms with Crippen LogP contribution in [0.4, 0.5) is 0 Å². The minimum atomic E-state index is 0.0372. The third-order valence-electron chi connectivity index (χ3n) is 3.04. The Morgan fingerprint density at radius 1 is 1.24 bits per heavy atom. The van der Waals surface area contributed by atoms with Crippen molar-refractivity contribution in [2.24, 2.45) is 5.73 Å². The summed E-state index contributed by atoms with van der Waals surface area (Å²) in [5.74, 6) is 0.682. The first kappa shape index (κ1) is 14.0. The largest absolute Gasteiger partial charge is 0.495 e. The van der Waals surface area contributed by atoms with E-state index in [1.165, 1.54) is 0 Å². The highest BCUT2D eigenvalue weighted by molar-refractivity contribution is 6.33. The van der Waals surface area contributed by atoms with E-state index in [0.29, 0.717) is 29.3 Å². The zero-order chi connectivity index (χ0) is 13.2. The minimum Gasteiger partial charge on any atom is -0.495 e. The number of Topliss-reactive ketones (excluding diaryl/α,β-unsaturated/α-hetero) is 1. The lowest BCUT2D eigenvalue weighted by Crippen LogP contribution is -2.12. The van der Waals surface area contributed by atoms with Crippen molar-refractivity contribution in [2.45, 2.75) is 27.2 Å². The first-order chi connectivity index (χ1) is 7.95. The summed E-state index contributed by atoms with van der Waals surface area (Å²) in [6.45, 7) is 5.99. The van der Waals surface area contributed by atoms with Crippen LogP contribution in [0.3, 0.4) is 0 Å². The predicted octanol–water partition coefficient (Wildman–Crippen LogP) is 2.81. The Morgan fingerprint density at radius 2 is 1.82 bits per heavy atom. The van der Waals surface area contributed by atoms with E-state index in [1.54, 1.807) is 7.11 Å². The molecule has 4 heteroatoms. The molecule has 1 aromatic carbocycles. The summed E-state index contributed by atoms with van der Waals surface area (Å²) in [5, 5.41) is 0.510. The molecule has 2 N–H and O–H groups in total. The summed E-state index contributed by atoms with van der Waals surface area (Å²) in [4.78, 5) is 12.0. The fourth-order valence-electron chi connectivity index (χ4n) is 2.00. The molecule has 0 atom stereocenters. The van der Waals surface area contributed by atoms with Crippen LogP contribution in [-0.2, 0) is 0 Å². The second-order valence-electron chi connectivity index (χ2n) is 4.06. The molecule has 0 fully saturated rings. The Morgan fingerprint density at radius 3 is 2.29 bits per heavy atom. The van der Waals surface area contributed by atoms with Gasteiger partial charge in [-0.05, 0) is 44.0 Å². The second-order valence-corrected chi connectivity index (χ2v) is 4.44. The van der Waals surface area contributed by atoms with Crippen LogP contribution in [0.2, 0.25) is 5.02 Å². The Hall–Kier alpha value is -1.06. The van der Waals surface area contributed by atoms with Crippen LogP contribution in [0, 0.1) is 20.8 Å². The van der Waals surface area contributed by atoms with E-state index >= 15 is 0 Å². The summed E-state index contributed by atoms with van der Waals surface area (Å²) >= 11 is 6.21. The Bertz CT molecular complexity index is 426. The van der Waals surface area contributed by atoms with E-state index in [0.717, 1.165) is 16.7 Å². The van der Waals surface area contributed by atoms with Gasteiger partial charge in [0.25, 0.3) is 0 Å². The van der Waals surface area contributed by atoms with Gasteiger partial charge in [0.1, 0.15) is 5.75 Å². The van der Waals surface area contributed by atoms with Crippen molar-refractivity contribution in [2.75, 3.05) is 13.7 Å². The molecular formula is C13H18ClNO2. The maximum absolute atomic E-state index is 12.0. The average Bonchev–Trinajstić information content (AvgIpc) is 2.28. The van der Waals surface area contributed by atoms with Crippen molar-refractivity contribution in [3.8, 4) is 5.75 Å². The molecule has 0 aliphatic rings. The number of rotatable bonds is 4. The normalized spacial score (nSPS) is 10.5. The lowest BCUT2D eigenvalue weighted by atomic mass is 9.93. The molecule has 1 aromatic rings. The Kier molecular flexibility index (Phi) is 4.54. The molecule has 0 saturated carbocycles. The number of carbonyl (C=O) groups is 1. The van der Waals surface area contributed by atoms with Crippen LogP contribution in [-0.4, -0.2) is 19.4 Å². The SMILES string of the molecule is COc1c(C)c(C)c(C(=O)CCN)c(C)c1Cl. The van der Waals surface area contributed by atoms with Crippen molar-refractivity contribution < 1.29 is 9.53 Å². The monoisotopic (exact) mass is 255 g/mol. The van der Waals surface area contributed by atoms with Gasteiger partial charge in [-0.15, -0.1) is 0 Å². The van der Waals surface area contributed by atoms with Crippen molar-refractivity contribution >= 4 is 17.4 Å². The highest BCUT2D eigenvalue weighted by atomic mass is 35.5. The molecule has 3 nitrogen and oxygen atoms in total. The van der Waals surface area contributed by atoms with Crippen LogP contribution >= 0.6 is 11.6 Å². The average molecular weight is 256 g/mol. The van der Waals surface area contributed by atoms with E-state index in [1.807, 2.05) is 20.8 Å². The number of ether oxygens (including phenoxy) is 1. The molecule has 94 valence electrons. The first-order valence-electron chi connectivity index (χ1n) is 5.52. The zero-order valence-corrected chi connectivity index (χ0v) is 11.4. The van der Waals surface area contributed by atoms with Crippen LogP contribution < -0.4 is 10.5 Å². The maximum atomic E-state index is 12.0. The van der Waals surface area contributed by atoms with Gasteiger partial charge < -0.3 is 10.5 Å². The Labute approximate surface area is 107 Å². The number of hydrogen-bond donors (Lipinski definition) is 1. The number of ketones is 1. The van der Waals surface area contributed by atoms with Crippen molar-refractivity contribution in [3.05, 3.63) is 27.3 Å². The fourth-order valence-corrected chi connectivity index (χ4v) is 2.31. The van der Waals surface area contributed by atoms with E-state index in [4.69, 9.17) is 22.1 Å². The van der Waals surface area contributed by atoms with Gasteiger partial charge in [-0.25, -0.2) is 0 Å². The number of halogens is 1. The van der Waals surface area contributed by atoms with Crippen molar-refractivity contribution in [3.63, 3.8) is 0 Å². The molecule has 0 heterocycles. The van der Waals surface area contributed by atoms with Crippen LogP contribution in [0.25, 0.3) is 0 Å². The lowest BCUT2D eigenvalue weighted by molar-refractivity contribution is 0.0984. The molecule has 0 radical (unpaired) electrons. The number of hydrogen-bond acceptors (Lipinski definition) is 3. The second kappa shape index (κ2) is 5.52. The molecule has 1 rings (SSSR count). The molecule has 0 amide bonds. The summed E-state index contributed by atoms with van der Waals surface area (Å²) in [6.07, 6.45) is 0.337. The molecule has 0 saturated heterocycles. The summed E-state index contributed by atoms with van der Waals surface area (Å²) < 4.78 is 5.26. The smallest absolute Gasteiger partial charge is 0.164 e. The molecule has 0 unspecified atom stereocenters.